The van der Waals surface area contributed by atoms with Crippen molar-refractivity contribution in [1.82, 2.24) is 4.72 Å². The Hall–Kier alpha value is -0.720. The molecule has 112 valence electrons. The Morgan fingerprint density at radius 3 is 2.50 bits per heavy atom. The number of sulfonamides is 1. The molecule has 0 heterocycles. The lowest BCUT2D eigenvalue weighted by molar-refractivity contribution is 0.499. The molecule has 0 radical (unpaired) electrons. The first-order valence-corrected chi connectivity index (χ1v) is 8.43. The van der Waals surface area contributed by atoms with Gasteiger partial charge in [0.2, 0.25) is 10.0 Å². The lowest BCUT2D eigenvalue weighted by atomic mass is 10.1. The Balaban J connectivity index is 2.19. The summed E-state index contributed by atoms with van der Waals surface area (Å²) >= 11 is 6.18. The van der Waals surface area contributed by atoms with Gasteiger partial charge in [0, 0.05) is 11.4 Å². The predicted octanol–water partition coefficient (Wildman–Crippen LogP) is 3.18. The summed E-state index contributed by atoms with van der Waals surface area (Å²) < 4.78 is 52.8. The summed E-state index contributed by atoms with van der Waals surface area (Å²) in [4.78, 5) is -0.287. The van der Waals surface area contributed by atoms with Gasteiger partial charge < -0.3 is 0 Å². The number of hydrogen-bond donors (Lipinski definition) is 1. The molecular formula is C13H16ClF2NO2S. The average molecular weight is 324 g/mol. The van der Waals surface area contributed by atoms with Crippen LogP contribution < -0.4 is 4.72 Å². The number of hydrogen-bond acceptors (Lipinski definition) is 2. The van der Waals surface area contributed by atoms with E-state index in [1.54, 1.807) is 0 Å². The Labute approximate surface area is 122 Å². The molecule has 1 aromatic carbocycles. The molecule has 0 aromatic heterocycles. The van der Waals surface area contributed by atoms with Gasteiger partial charge in [0.25, 0.3) is 0 Å². The molecule has 1 saturated carbocycles. The van der Waals surface area contributed by atoms with Crippen LogP contribution >= 0.6 is 11.6 Å². The first-order chi connectivity index (χ1) is 9.40. The van der Waals surface area contributed by atoms with Crippen LogP contribution in [0.1, 0.15) is 32.1 Å². The molecular weight excluding hydrogens is 308 g/mol. The highest BCUT2D eigenvalue weighted by atomic mass is 35.5. The Kier molecular flexibility index (Phi) is 4.99. The standard InChI is InChI=1S/C13H16ClF2NO2S/c14-10-4-2-1-3-5-13(10)17-20(18,19)9-6-7-11(15)12(16)8-9/h6-8,10,13,17H,1-5H2. The van der Waals surface area contributed by atoms with Crippen molar-refractivity contribution >= 4 is 21.6 Å². The topological polar surface area (TPSA) is 46.2 Å². The van der Waals surface area contributed by atoms with Crippen molar-refractivity contribution in [1.29, 1.82) is 0 Å². The molecule has 20 heavy (non-hydrogen) atoms. The van der Waals surface area contributed by atoms with Gasteiger partial charge >= 0.3 is 0 Å². The molecule has 0 bridgehead atoms. The van der Waals surface area contributed by atoms with E-state index in [-0.39, 0.29) is 16.3 Å². The molecule has 1 aromatic rings. The summed E-state index contributed by atoms with van der Waals surface area (Å²) in [6, 6.07) is 2.14. The highest BCUT2D eigenvalue weighted by Crippen LogP contribution is 2.24. The van der Waals surface area contributed by atoms with Gasteiger partial charge in [-0.1, -0.05) is 19.3 Å². The van der Waals surface area contributed by atoms with E-state index < -0.39 is 21.7 Å². The third kappa shape index (κ3) is 3.68. The van der Waals surface area contributed by atoms with E-state index in [4.69, 9.17) is 11.6 Å². The van der Waals surface area contributed by atoms with Gasteiger partial charge in [-0.3, -0.25) is 0 Å². The van der Waals surface area contributed by atoms with Crippen molar-refractivity contribution in [3.05, 3.63) is 29.8 Å². The molecule has 2 atom stereocenters. The van der Waals surface area contributed by atoms with Crippen molar-refractivity contribution in [2.75, 3.05) is 0 Å². The third-order valence-electron chi connectivity index (χ3n) is 3.44. The molecule has 1 N–H and O–H groups in total. The van der Waals surface area contributed by atoms with Crippen LogP contribution in [0, 0.1) is 11.6 Å². The van der Waals surface area contributed by atoms with Crippen LogP contribution in [0.15, 0.2) is 23.1 Å². The molecule has 2 unspecified atom stereocenters. The molecule has 3 nitrogen and oxygen atoms in total. The Bertz CT molecular complexity index is 580. The second-order valence-electron chi connectivity index (χ2n) is 4.96. The van der Waals surface area contributed by atoms with Gasteiger partial charge in [0.05, 0.1) is 4.90 Å². The highest BCUT2D eigenvalue weighted by Gasteiger charge is 2.27. The SMILES string of the molecule is O=S(=O)(NC1CCCCCC1Cl)c1ccc(F)c(F)c1. The van der Waals surface area contributed by atoms with E-state index >= 15 is 0 Å². The quantitative estimate of drug-likeness (QED) is 0.686. The van der Waals surface area contributed by atoms with E-state index in [0.717, 1.165) is 37.8 Å². The molecule has 1 fully saturated rings. The van der Waals surface area contributed by atoms with Crippen molar-refractivity contribution in [3.63, 3.8) is 0 Å². The molecule has 2 rings (SSSR count). The van der Waals surface area contributed by atoms with E-state index in [0.29, 0.717) is 12.5 Å². The average Bonchev–Trinajstić information content (AvgIpc) is 2.58. The predicted molar refractivity (Wildman–Crippen MR) is 73.2 cm³/mol. The normalized spacial score (nSPS) is 24.4. The van der Waals surface area contributed by atoms with Crippen LogP contribution in [0.5, 0.6) is 0 Å². The molecule has 1 aliphatic rings. The summed E-state index contributed by atoms with van der Waals surface area (Å²) in [5, 5.41) is -0.280. The third-order valence-corrected chi connectivity index (χ3v) is 5.45. The van der Waals surface area contributed by atoms with E-state index in [1.807, 2.05) is 0 Å². The van der Waals surface area contributed by atoms with Crippen LogP contribution in [0.25, 0.3) is 0 Å². The Morgan fingerprint density at radius 2 is 1.80 bits per heavy atom. The smallest absolute Gasteiger partial charge is 0.207 e. The van der Waals surface area contributed by atoms with Gasteiger partial charge in [-0.25, -0.2) is 21.9 Å². The summed E-state index contributed by atoms with van der Waals surface area (Å²) in [5.41, 5.74) is 0. The highest BCUT2D eigenvalue weighted by molar-refractivity contribution is 7.89. The fraction of sp³-hybridized carbons (Fsp3) is 0.538. The van der Waals surface area contributed by atoms with E-state index in [2.05, 4.69) is 4.72 Å². The minimum Gasteiger partial charge on any atom is -0.207 e. The minimum atomic E-state index is -3.89. The summed E-state index contributed by atoms with van der Waals surface area (Å²) in [6.07, 6.45) is 4.28. The van der Waals surface area contributed by atoms with E-state index in [1.165, 1.54) is 0 Å². The lowest BCUT2D eigenvalue weighted by Gasteiger charge is -2.21. The fourth-order valence-electron chi connectivity index (χ4n) is 2.31. The van der Waals surface area contributed by atoms with Gasteiger partial charge in [-0.05, 0) is 31.0 Å². The van der Waals surface area contributed by atoms with Crippen molar-refractivity contribution in [2.45, 2.75) is 48.4 Å². The maximum absolute atomic E-state index is 13.1. The van der Waals surface area contributed by atoms with Gasteiger partial charge in [-0.2, -0.15) is 0 Å². The number of alkyl halides is 1. The molecule has 0 amide bonds. The van der Waals surface area contributed by atoms with Crippen LogP contribution in [-0.4, -0.2) is 19.8 Å². The number of benzene rings is 1. The molecule has 7 heteroatoms. The Morgan fingerprint density at radius 1 is 1.10 bits per heavy atom. The van der Waals surface area contributed by atoms with Crippen molar-refractivity contribution < 1.29 is 17.2 Å². The van der Waals surface area contributed by atoms with Gasteiger partial charge in [0.15, 0.2) is 11.6 Å². The first kappa shape index (κ1) is 15.7. The number of halogens is 3. The summed E-state index contributed by atoms with van der Waals surface area (Å²) in [5.74, 6) is -2.26. The van der Waals surface area contributed by atoms with Crippen LogP contribution in [-0.2, 0) is 10.0 Å². The van der Waals surface area contributed by atoms with Crippen LogP contribution in [0.3, 0.4) is 0 Å². The van der Waals surface area contributed by atoms with Gasteiger partial charge in [0.1, 0.15) is 0 Å². The summed E-state index contributed by atoms with van der Waals surface area (Å²) in [7, 11) is -3.89. The molecule has 0 aliphatic heterocycles. The van der Waals surface area contributed by atoms with E-state index in [9.17, 15) is 17.2 Å². The first-order valence-electron chi connectivity index (χ1n) is 6.51. The lowest BCUT2D eigenvalue weighted by Crippen LogP contribution is -2.40. The second-order valence-corrected chi connectivity index (χ2v) is 7.23. The molecule has 1 aliphatic carbocycles. The van der Waals surface area contributed by atoms with Crippen molar-refractivity contribution in [3.8, 4) is 0 Å². The fourth-order valence-corrected chi connectivity index (χ4v) is 4.05. The second kappa shape index (κ2) is 6.37. The number of rotatable bonds is 3. The minimum absolute atomic E-state index is 0.280. The van der Waals surface area contributed by atoms with Gasteiger partial charge in [-0.15, -0.1) is 11.6 Å². The summed E-state index contributed by atoms with van der Waals surface area (Å²) in [6.45, 7) is 0. The zero-order chi connectivity index (χ0) is 14.8. The zero-order valence-corrected chi connectivity index (χ0v) is 12.4. The van der Waals surface area contributed by atoms with Crippen molar-refractivity contribution in [2.24, 2.45) is 0 Å². The van der Waals surface area contributed by atoms with Crippen LogP contribution in [0.2, 0.25) is 0 Å². The zero-order valence-electron chi connectivity index (χ0n) is 10.8. The largest absolute Gasteiger partial charge is 0.240 e. The monoisotopic (exact) mass is 323 g/mol. The number of nitrogens with one attached hydrogen (secondary N) is 1. The molecule has 0 spiro atoms. The van der Waals surface area contributed by atoms with Crippen LogP contribution in [0.4, 0.5) is 8.78 Å². The maximum Gasteiger partial charge on any atom is 0.240 e. The maximum atomic E-state index is 13.1. The molecule has 0 saturated heterocycles.